The van der Waals surface area contributed by atoms with Gasteiger partial charge in [0.25, 0.3) is 11.8 Å². The molecule has 1 radical (unpaired) electrons. The first-order valence-corrected chi connectivity index (χ1v) is 7.26. The van der Waals surface area contributed by atoms with E-state index >= 15 is 0 Å². The van der Waals surface area contributed by atoms with Crippen LogP contribution in [0.15, 0.2) is 24.3 Å². The van der Waals surface area contributed by atoms with Crippen LogP contribution in [-0.2, 0) is 0 Å². The monoisotopic (exact) mass is 271 g/mol. The minimum atomic E-state index is -0.139. The molecule has 0 bridgehead atoms. The predicted octanol–water partition coefficient (Wildman–Crippen LogP) is 1.97. The van der Waals surface area contributed by atoms with Gasteiger partial charge in [-0.25, -0.2) is 0 Å². The summed E-state index contributed by atoms with van der Waals surface area (Å²) >= 11 is 0. The highest BCUT2D eigenvalue weighted by Crippen LogP contribution is 2.22. The second-order valence-corrected chi connectivity index (χ2v) is 5.39. The molecule has 105 valence electrons. The molecule has 2 heterocycles. The molecule has 1 saturated heterocycles. The summed E-state index contributed by atoms with van der Waals surface area (Å²) in [6, 6.07) is 7.07. The first-order chi connectivity index (χ1) is 9.77. The lowest BCUT2D eigenvalue weighted by atomic mass is 10.1. The van der Waals surface area contributed by atoms with Crippen molar-refractivity contribution in [2.45, 2.75) is 19.3 Å². The predicted molar refractivity (Wildman–Crippen MR) is 76.4 cm³/mol. The van der Waals surface area contributed by atoms with Gasteiger partial charge >= 0.3 is 0 Å². The fourth-order valence-electron chi connectivity index (χ4n) is 2.89. The van der Waals surface area contributed by atoms with E-state index in [1.807, 2.05) is 0 Å². The van der Waals surface area contributed by atoms with E-state index in [0.29, 0.717) is 17.7 Å². The third-order valence-electron chi connectivity index (χ3n) is 4.02. The van der Waals surface area contributed by atoms with Crippen molar-refractivity contribution in [3.63, 3.8) is 0 Å². The first-order valence-electron chi connectivity index (χ1n) is 7.26. The van der Waals surface area contributed by atoms with Gasteiger partial charge in [0.15, 0.2) is 0 Å². The van der Waals surface area contributed by atoms with Crippen molar-refractivity contribution < 1.29 is 9.59 Å². The number of benzene rings is 1. The van der Waals surface area contributed by atoms with Crippen LogP contribution in [0.2, 0.25) is 0 Å². The van der Waals surface area contributed by atoms with Gasteiger partial charge in [-0.15, -0.1) is 0 Å². The Morgan fingerprint density at radius 1 is 0.950 bits per heavy atom. The van der Waals surface area contributed by atoms with E-state index in [0.717, 1.165) is 32.5 Å². The number of imide groups is 1. The quantitative estimate of drug-likeness (QED) is 0.607. The summed E-state index contributed by atoms with van der Waals surface area (Å²) in [5.74, 6) is -0.278. The summed E-state index contributed by atoms with van der Waals surface area (Å²) in [6.07, 6.45) is 5.38. The van der Waals surface area contributed by atoms with Crippen molar-refractivity contribution in [1.82, 2.24) is 9.80 Å². The number of unbranched alkanes of at least 4 members (excludes halogenated alkanes) is 1. The summed E-state index contributed by atoms with van der Waals surface area (Å²) in [5.41, 5.74) is 1.10. The summed E-state index contributed by atoms with van der Waals surface area (Å²) < 4.78 is 0. The normalized spacial score (nSPS) is 18.9. The van der Waals surface area contributed by atoms with Crippen molar-refractivity contribution in [2.24, 2.45) is 0 Å². The molecule has 0 atom stereocenters. The third kappa shape index (κ3) is 2.48. The molecular formula is C16H19N2O2. The van der Waals surface area contributed by atoms with Crippen LogP contribution in [0, 0.1) is 6.42 Å². The molecule has 0 saturated carbocycles. The molecule has 0 aromatic heterocycles. The van der Waals surface area contributed by atoms with Crippen LogP contribution in [0.4, 0.5) is 0 Å². The fraction of sp³-hybridized carbons (Fsp3) is 0.438. The van der Waals surface area contributed by atoms with E-state index in [2.05, 4.69) is 11.3 Å². The Morgan fingerprint density at radius 2 is 1.60 bits per heavy atom. The van der Waals surface area contributed by atoms with Crippen molar-refractivity contribution in [3.05, 3.63) is 41.8 Å². The molecule has 2 amide bonds. The van der Waals surface area contributed by atoms with Crippen LogP contribution in [0.5, 0.6) is 0 Å². The molecule has 1 fully saturated rings. The maximum absolute atomic E-state index is 12.1. The zero-order valence-electron chi connectivity index (χ0n) is 11.5. The number of hydrogen-bond acceptors (Lipinski definition) is 3. The summed E-state index contributed by atoms with van der Waals surface area (Å²) in [4.78, 5) is 28.1. The maximum atomic E-state index is 12.1. The largest absolute Gasteiger partial charge is 0.303 e. The minimum absolute atomic E-state index is 0.139. The molecule has 1 aromatic carbocycles. The molecule has 0 unspecified atom stereocenters. The SMILES string of the molecule is O=C1c2ccccc2C(=O)N1CCCCN1C[CH]CC1. The van der Waals surface area contributed by atoms with E-state index in [1.54, 1.807) is 24.3 Å². The van der Waals surface area contributed by atoms with Crippen molar-refractivity contribution in [3.8, 4) is 0 Å². The van der Waals surface area contributed by atoms with E-state index < -0.39 is 0 Å². The molecule has 4 nitrogen and oxygen atoms in total. The second-order valence-electron chi connectivity index (χ2n) is 5.39. The van der Waals surface area contributed by atoms with Crippen LogP contribution in [0.25, 0.3) is 0 Å². The Bertz CT molecular complexity index is 486. The molecule has 3 rings (SSSR count). The molecule has 0 N–H and O–H groups in total. The lowest BCUT2D eigenvalue weighted by Crippen LogP contribution is -2.31. The van der Waals surface area contributed by atoms with Gasteiger partial charge in [0.05, 0.1) is 11.1 Å². The number of carbonyl (C=O) groups excluding carboxylic acids is 2. The average Bonchev–Trinajstić information content (AvgIpc) is 3.06. The summed E-state index contributed by atoms with van der Waals surface area (Å²) in [6.45, 7) is 3.81. The highest BCUT2D eigenvalue weighted by molar-refractivity contribution is 6.21. The Labute approximate surface area is 119 Å². The number of fused-ring (bicyclic) bond motifs is 1. The number of carbonyl (C=O) groups is 2. The van der Waals surface area contributed by atoms with Crippen LogP contribution in [0.3, 0.4) is 0 Å². The van der Waals surface area contributed by atoms with Crippen LogP contribution in [-0.4, -0.2) is 47.8 Å². The lowest BCUT2D eigenvalue weighted by Gasteiger charge is -2.16. The zero-order valence-corrected chi connectivity index (χ0v) is 11.5. The molecule has 2 aliphatic heterocycles. The molecule has 4 heteroatoms. The molecular weight excluding hydrogens is 252 g/mol. The number of amides is 2. The van der Waals surface area contributed by atoms with Gasteiger partial charge in [-0.2, -0.15) is 0 Å². The summed E-state index contributed by atoms with van der Waals surface area (Å²) in [7, 11) is 0. The van der Waals surface area contributed by atoms with Crippen LogP contribution < -0.4 is 0 Å². The van der Waals surface area contributed by atoms with E-state index in [1.165, 1.54) is 11.3 Å². The zero-order chi connectivity index (χ0) is 13.9. The summed E-state index contributed by atoms with van der Waals surface area (Å²) in [5, 5.41) is 0. The van der Waals surface area contributed by atoms with Gasteiger partial charge in [0, 0.05) is 13.1 Å². The van der Waals surface area contributed by atoms with Crippen LogP contribution in [0.1, 0.15) is 40.0 Å². The molecule has 0 spiro atoms. The van der Waals surface area contributed by atoms with Gasteiger partial charge in [0.2, 0.25) is 0 Å². The molecule has 1 aromatic rings. The second kappa shape index (κ2) is 5.75. The first kappa shape index (κ1) is 13.3. The minimum Gasteiger partial charge on any atom is -0.303 e. The van der Waals surface area contributed by atoms with Gasteiger partial charge < -0.3 is 4.90 Å². The number of likely N-dealkylation sites (tertiary alicyclic amines) is 1. The standard InChI is InChI=1S/C16H19N2O2/c19-15-13-7-1-2-8-14(13)16(20)18(15)12-6-5-11-17-9-3-4-10-17/h1-3,7-8H,4-6,9-12H2. The molecule has 20 heavy (non-hydrogen) atoms. The fourth-order valence-corrected chi connectivity index (χ4v) is 2.89. The maximum Gasteiger partial charge on any atom is 0.261 e. The van der Waals surface area contributed by atoms with Gasteiger partial charge in [-0.3, -0.25) is 14.5 Å². The lowest BCUT2D eigenvalue weighted by molar-refractivity contribution is 0.0650. The van der Waals surface area contributed by atoms with E-state index in [9.17, 15) is 9.59 Å². The third-order valence-corrected chi connectivity index (χ3v) is 4.02. The topological polar surface area (TPSA) is 40.6 Å². The Kier molecular flexibility index (Phi) is 3.83. The molecule has 2 aliphatic rings. The number of rotatable bonds is 5. The Hall–Kier alpha value is -1.68. The average molecular weight is 271 g/mol. The number of nitrogens with zero attached hydrogens (tertiary/aromatic N) is 2. The van der Waals surface area contributed by atoms with Gasteiger partial charge in [-0.1, -0.05) is 12.1 Å². The smallest absolute Gasteiger partial charge is 0.261 e. The van der Waals surface area contributed by atoms with E-state index in [4.69, 9.17) is 0 Å². The molecule has 0 aliphatic carbocycles. The number of hydrogen-bond donors (Lipinski definition) is 0. The van der Waals surface area contributed by atoms with Crippen molar-refractivity contribution >= 4 is 11.8 Å². The van der Waals surface area contributed by atoms with Gasteiger partial charge in [0.1, 0.15) is 0 Å². The van der Waals surface area contributed by atoms with Gasteiger partial charge in [-0.05, 0) is 50.9 Å². The highest BCUT2D eigenvalue weighted by Gasteiger charge is 2.34. The van der Waals surface area contributed by atoms with Crippen molar-refractivity contribution in [2.75, 3.05) is 26.2 Å². The highest BCUT2D eigenvalue weighted by atomic mass is 16.2. The van der Waals surface area contributed by atoms with Crippen molar-refractivity contribution in [1.29, 1.82) is 0 Å². The Morgan fingerprint density at radius 3 is 2.20 bits per heavy atom. The van der Waals surface area contributed by atoms with E-state index in [-0.39, 0.29) is 11.8 Å². The Balaban J connectivity index is 1.51. The van der Waals surface area contributed by atoms with Crippen LogP contribution >= 0.6 is 0 Å².